The van der Waals surface area contributed by atoms with Gasteiger partial charge in [0.25, 0.3) is 10.1 Å². The topological polar surface area (TPSA) is 80.7 Å². The highest BCUT2D eigenvalue weighted by Crippen LogP contribution is 2.33. The second-order valence-electron chi connectivity index (χ2n) is 4.66. The molecule has 1 rings (SSSR count). The number of esters is 1. The summed E-state index contributed by atoms with van der Waals surface area (Å²) in [6, 6.07) is 0. The Morgan fingerprint density at radius 2 is 1.85 bits per heavy atom. The molecule has 1 aliphatic rings. The van der Waals surface area contributed by atoms with E-state index >= 15 is 0 Å². The lowest BCUT2D eigenvalue weighted by Gasteiger charge is -2.22. The quantitative estimate of drug-likeness (QED) is 0.314. The number of ether oxygens (including phenoxy) is 1. The minimum atomic E-state index is -5.04. The Bertz CT molecular complexity index is 444. The standard InChI is InChI=1S/C10H14F3IO5S/c11-10(12,13)7(5-20(16,17)18)19-9(15)8(14)6-3-1-2-4-6/h6-8H,1-5H2,(H,16,17,18). The molecule has 0 radical (unpaired) electrons. The molecule has 20 heavy (non-hydrogen) atoms. The molecule has 1 N–H and O–H groups in total. The molecule has 0 aliphatic heterocycles. The Labute approximate surface area is 128 Å². The van der Waals surface area contributed by atoms with E-state index in [-0.39, 0.29) is 5.92 Å². The minimum Gasteiger partial charge on any atom is -0.451 e. The number of alkyl halides is 4. The molecule has 118 valence electrons. The zero-order valence-electron chi connectivity index (χ0n) is 10.3. The van der Waals surface area contributed by atoms with E-state index in [4.69, 9.17) is 4.55 Å². The lowest BCUT2D eigenvalue weighted by atomic mass is 10.0. The molecule has 1 saturated carbocycles. The monoisotopic (exact) mass is 430 g/mol. The van der Waals surface area contributed by atoms with Crippen molar-refractivity contribution in [1.29, 1.82) is 0 Å². The Kier molecular flexibility index (Phi) is 6.08. The number of hydrogen-bond acceptors (Lipinski definition) is 4. The molecule has 5 nitrogen and oxygen atoms in total. The van der Waals surface area contributed by atoms with Crippen LogP contribution < -0.4 is 0 Å². The molecule has 0 aromatic carbocycles. The van der Waals surface area contributed by atoms with Gasteiger partial charge in [0.1, 0.15) is 9.68 Å². The fourth-order valence-corrected chi connectivity index (χ4v) is 3.54. The van der Waals surface area contributed by atoms with E-state index in [9.17, 15) is 26.4 Å². The Morgan fingerprint density at radius 3 is 2.25 bits per heavy atom. The normalized spacial score (nSPS) is 20.6. The van der Waals surface area contributed by atoms with E-state index in [0.29, 0.717) is 0 Å². The zero-order valence-corrected chi connectivity index (χ0v) is 13.2. The Balaban J connectivity index is 2.71. The summed E-state index contributed by atoms with van der Waals surface area (Å²) in [5, 5.41) is 0. The van der Waals surface area contributed by atoms with Gasteiger partial charge in [0.05, 0.1) is 0 Å². The molecule has 0 aromatic rings. The maximum Gasteiger partial charge on any atom is 0.426 e. The molecular formula is C10H14F3IO5S. The van der Waals surface area contributed by atoms with E-state index in [0.717, 1.165) is 25.7 Å². The van der Waals surface area contributed by atoms with Crippen LogP contribution in [0.25, 0.3) is 0 Å². The molecule has 0 aromatic heterocycles. The second kappa shape index (κ2) is 6.77. The van der Waals surface area contributed by atoms with E-state index < -0.39 is 38.0 Å². The van der Waals surface area contributed by atoms with E-state index in [1.807, 2.05) is 0 Å². The third-order valence-electron chi connectivity index (χ3n) is 3.02. The number of rotatable bonds is 5. The van der Waals surface area contributed by atoms with Crippen molar-refractivity contribution < 1.29 is 35.7 Å². The van der Waals surface area contributed by atoms with Crippen LogP contribution in [0.2, 0.25) is 0 Å². The smallest absolute Gasteiger partial charge is 0.426 e. The van der Waals surface area contributed by atoms with Crippen LogP contribution in [-0.4, -0.2) is 40.9 Å². The summed E-state index contributed by atoms with van der Waals surface area (Å²) in [6.07, 6.45) is -4.60. The van der Waals surface area contributed by atoms with Gasteiger partial charge >= 0.3 is 12.1 Å². The van der Waals surface area contributed by atoms with E-state index in [1.54, 1.807) is 22.6 Å². The fraction of sp³-hybridized carbons (Fsp3) is 0.900. The summed E-state index contributed by atoms with van der Waals surface area (Å²) in [5.41, 5.74) is 0. The highest BCUT2D eigenvalue weighted by Gasteiger charge is 2.46. The van der Waals surface area contributed by atoms with Crippen molar-refractivity contribution in [3.8, 4) is 0 Å². The van der Waals surface area contributed by atoms with Crippen molar-refractivity contribution >= 4 is 38.7 Å². The van der Waals surface area contributed by atoms with Gasteiger partial charge in [-0.3, -0.25) is 9.35 Å². The first-order valence-corrected chi connectivity index (χ1v) is 8.72. The SMILES string of the molecule is O=C(OC(CS(=O)(=O)O)C(F)(F)F)C(I)C1CCCC1. The molecule has 1 fully saturated rings. The highest BCUT2D eigenvalue weighted by atomic mass is 127. The average molecular weight is 430 g/mol. The predicted octanol–water partition coefficient (Wildman–Crippen LogP) is 2.34. The molecule has 1 aliphatic carbocycles. The van der Waals surface area contributed by atoms with Crippen molar-refractivity contribution in [3.05, 3.63) is 0 Å². The van der Waals surface area contributed by atoms with Gasteiger partial charge in [-0.1, -0.05) is 35.4 Å². The number of carbonyl (C=O) groups excluding carboxylic acids is 1. The number of carbonyl (C=O) groups is 1. The molecule has 2 unspecified atom stereocenters. The van der Waals surface area contributed by atoms with Gasteiger partial charge in [0.2, 0.25) is 6.10 Å². The summed E-state index contributed by atoms with van der Waals surface area (Å²) < 4.78 is 70.9. The van der Waals surface area contributed by atoms with Crippen LogP contribution in [0.1, 0.15) is 25.7 Å². The average Bonchev–Trinajstić information content (AvgIpc) is 2.77. The molecule has 0 heterocycles. The van der Waals surface area contributed by atoms with Crippen LogP contribution in [0.3, 0.4) is 0 Å². The third kappa shape index (κ3) is 5.72. The van der Waals surface area contributed by atoms with E-state index in [2.05, 4.69) is 4.74 Å². The minimum absolute atomic E-state index is 0.0530. The van der Waals surface area contributed by atoms with Gasteiger partial charge in [0, 0.05) is 0 Å². The van der Waals surface area contributed by atoms with Crippen LogP contribution >= 0.6 is 22.6 Å². The van der Waals surface area contributed by atoms with Crippen LogP contribution in [-0.2, 0) is 19.6 Å². The Morgan fingerprint density at radius 1 is 1.35 bits per heavy atom. The molecular weight excluding hydrogens is 416 g/mol. The van der Waals surface area contributed by atoms with Gasteiger partial charge in [-0.25, -0.2) is 0 Å². The van der Waals surface area contributed by atoms with Crippen LogP contribution in [0.5, 0.6) is 0 Å². The van der Waals surface area contributed by atoms with Gasteiger partial charge in [-0.05, 0) is 18.8 Å². The molecule has 10 heteroatoms. The molecule has 0 spiro atoms. The summed E-state index contributed by atoms with van der Waals surface area (Å²) in [4.78, 5) is 11.7. The summed E-state index contributed by atoms with van der Waals surface area (Å²) in [5.74, 6) is -2.83. The first-order valence-electron chi connectivity index (χ1n) is 5.87. The highest BCUT2D eigenvalue weighted by molar-refractivity contribution is 14.1. The lowest BCUT2D eigenvalue weighted by molar-refractivity contribution is -0.215. The van der Waals surface area contributed by atoms with Gasteiger partial charge in [-0.2, -0.15) is 21.6 Å². The third-order valence-corrected chi connectivity index (χ3v) is 5.27. The summed E-state index contributed by atoms with van der Waals surface area (Å²) in [6.45, 7) is 0. The number of hydrogen-bond donors (Lipinski definition) is 1. The first kappa shape index (κ1) is 18.0. The fourth-order valence-electron chi connectivity index (χ4n) is 2.03. The van der Waals surface area contributed by atoms with Crippen LogP contribution in [0.4, 0.5) is 13.2 Å². The van der Waals surface area contributed by atoms with Crippen molar-refractivity contribution in [2.45, 2.75) is 41.9 Å². The van der Waals surface area contributed by atoms with Crippen molar-refractivity contribution in [2.24, 2.45) is 5.92 Å². The lowest BCUT2D eigenvalue weighted by Crippen LogP contribution is -2.41. The van der Waals surface area contributed by atoms with Gasteiger partial charge in [-0.15, -0.1) is 0 Å². The van der Waals surface area contributed by atoms with Crippen molar-refractivity contribution in [3.63, 3.8) is 0 Å². The van der Waals surface area contributed by atoms with E-state index in [1.165, 1.54) is 0 Å². The van der Waals surface area contributed by atoms with Crippen LogP contribution in [0.15, 0.2) is 0 Å². The van der Waals surface area contributed by atoms with Crippen molar-refractivity contribution in [1.82, 2.24) is 0 Å². The maximum atomic E-state index is 12.6. The molecule has 0 bridgehead atoms. The maximum absolute atomic E-state index is 12.6. The largest absolute Gasteiger partial charge is 0.451 e. The molecule has 0 amide bonds. The van der Waals surface area contributed by atoms with Gasteiger partial charge in [0.15, 0.2) is 0 Å². The molecule has 2 atom stereocenters. The Hall–Kier alpha value is -0.100. The van der Waals surface area contributed by atoms with Crippen LogP contribution in [0, 0.1) is 5.92 Å². The van der Waals surface area contributed by atoms with Gasteiger partial charge < -0.3 is 4.74 Å². The predicted molar refractivity (Wildman–Crippen MR) is 72.1 cm³/mol. The zero-order chi connectivity index (χ0) is 15.6. The number of halogens is 4. The first-order chi connectivity index (χ1) is 9.00. The molecule has 0 saturated heterocycles. The summed E-state index contributed by atoms with van der Waals surface area (Å²) >= 11 is 1.71. The second-order valence-corrected chi connectivity index (χ2v) is 7.50. The summed E-state index contributed by atoms with van der Waals surface area (Å²) in [7, 11) is -4.90. The van der Waals surface area contributed by atoms with Crippen molar-refractivity contribution in [2.75, 3.05) is 5.75 Å².